The second-order valence-corrected chi connectivity index (χ2v) is 12.3. The molecule has 0 amide bonds. The van der Waals surface area contributed by atoms with E-state index in [1.54, 1.807) is 0 Å². The first-order chi connectivity index (χ1) is 17.6. The maximum absolute atomic E-state index is 9.50. The fraction of sp³-hybridized carbons (Fsp3) is 0.629. The Kier molecular flexibility index (Phi) is 19.9. The number of hydrogen-bond acceptors (Lipinski definition) is 2. The molecular weight excluding hydrogens is 507 g/mol. The van der Waals surface area contributed by atoms with E-state index in [2.05, 4.69) is 106 Å². The molecule has 0 bridgehead atoms. The van der Waals surface area contributed by atoms with Crippen LogP contribution in [0.2, 0.25) is 0 Å². The van der Waals surface area contributed by atoms with Crippen molar-refractivity contribution in [1.29, 1.82) is 0 Å². The van der Waals surface area contributed by atoms with Crippen LogP contribution in [0, 0.1) is 7.43 Å². The van der Waals surface area contributed by atoms with Gasteiger partial charge in [-0.2, -0.15) is 0 Å². The minimum Gasteiger partial charge on any atom is -0.681 e. The Balaban J connectivity index is 0. The molecule has 0 fully saturated rings. The third-order valence-electron chi connectivity index (χ3n) is 6.75. The first-order valence-corrected chi connectivity index (χ1v) is 14.7. The number of para-hydroxylation sites is 2. The van der Waals surface area contributed by atoms with Crippen LogP contribution in [0.4, 0.5) is 11.4 Å². The molecule has 2 aromatic carbocycles. The summed E-state index contributed by atoms with van der Waals surface area (Å²) in [4.78, 5) is 0. The Bertz CT molecular complexity index is 824. The first kappa shape index (κ1) is 40.6. The van der Waals surface area contributed by atoms with E-state index >= 15 is 0 Å². The third-order valence-corrected chi connectivity index (χ3v) is 6.75. The second kappa shape index (κ2) is 19.6. The normalized spacial score (nSPS) is 14.1. The van der Waals surface area contributed by atoms with Crippen molar-refractivity contribution in [1.82, 2.24) is 0 Å². The van der Waals surface area contributed by atoms with Gasteiger partial charge in [0.1, 0.15) is 0 Å². The number of aliphatic hydroxyl groups is 2. The van der Waals surface area contributed by atoms with Crippen LogP contribution in [-0.4, -0.2) is 51.9 Å². The minimum absolute atomic E-state index is 0. The van der Waals surface area contributed by atoms with Gasteiger partial charge in [0.15, 0.2) is 0 Å². The van der Waals surface area contributed by atoms with Gasteiger partial charge in [0.05, 0.1) is 0 Å². The molecular formula is C35H59AlN2O2. The molecule has 4 atom stereocenters. The van der Waals surface area contributed by atoms with Crippen LogP contribution in [-0.2, 0) is 0 Å². The number of aliphatic hydroxyl groups excluding tert-OH is 2. The van der Waals surface area contributed by atoms with E-state index in [0.29, 0.717) is 36.5 Å². The molecule has 0 radical (unpaired) electrons. The largest absolute Gasteiger partial charge is 3.00 e. The van der Waals surface area contributed by atoms with Crippen molar-refractivity contribution in [3.05, 3.63) is 76.7 Å². The number of nitrogens with zero attached hydrogens (tertiary/aromatic N) is 2. The molecule has 2 aromatic rings. The van der Waals surface area contributed by atoms with E-state index < -0.39 is 0 Å². The molecule has 0 spiro atoms. The zero-order chi connectivity index (χ0) is 29.2. The fourth-order valence-electron chi connectivity index (χ4n) is 4.86. The molecule has 2 N–H and O–H groups in total. The average molecular weight is 567 g/mol. The van der Waals surface area contributed by atoms with Crippen molar-refractivity contribution in [2.45, 2.75) is 144 Å². The van der Waals surface area contributed by atoms with Crippen LogP contribution in [0.1, 0.15) is 142 Å². The van der Waals surface area contributed by atoms with Gasteiger partial charge < -0.3 is 28.3 Å². The standard InChI is InChI=1S/2C17H28NO.CH3.Al/c2*1-11(2)15-8-7-9-16(12(3)4)17(15)18-13(5)10-14(6)19;;/h2*7-9,11-14,19H,10H2,1-6H3;1H3;/q3*-1;+3. The van der Waals surface area contributed by atoms with Gasteiger partial charge >= 0.3 is 17.4 Å². The van der Waals surface area contributed by atoms with Gasteiger partial charge in [0.2, 0.25) is 0 Å². The third kappa shape index (κ3) is 13.4. The fourth-order valence-corrected chi connectivity index (χ4v) is 4.86. The molecule has 0 aliphatic heterocycles. The summed E-state index contributed by atoms with van der Waals surface area (Å²) in [5, 5.41) is 28.8. The van der Waals surface area contributed by atoms with Crippen LogP contribution in [0.15, 0.2) is 36.4 Å². The summed E-state index contributed by atoms with van der Waals surface area (Å²) in [7, 11) is 0. The predicted molar refractivity (Wildman–Crippen MR) is 179 cm³/mol. The van der Waals surface area contributed by atoms with Crippen LogP contribution in [0.25, 0.3) is 10.6 Å². The van der Waals surface area contributed by atoms with Gasteiger partial charge in [0.25, 0.3) is 0 Å². The molecule has 0 heterocycles. The minimum atomic E-state index is -0.299. The second-order valence-electron chi connectivity index (χ2n) is 12.3. The number of hydrogen-bond donors (Lipinski definition) is 2. The van der Waals surface area contributed by atoms with Gasteiger partial charge in [-0.25, -0.2) is 0 Å². The summed E-state index contributed by atoms with van der Waals surface area (Å²) in [6.45, 7) is 25.5. The summed E-state index contributed by atoms with van der Waals surface area (Å²) < 4.78 is 0. The first-order valence-electron chi connectivity index (χ1n) is 14.7. The quantitative estimate of drug-likeness (QED) is 0.198. The molecule has 4 unspecified atom stereocenters. The van der Waals surface area contributed by atoms with Crippen molar-refractivity contribution in [2.75, 3.05) is 0 Å². The van der Waals surface area contributed by atoms with Gasteiger partial charge in [0, 0.05) is 12.2 Å². The zero-order valence-electron chi connectivity index (χ0n) is 27.9. The molecule has 40 heavy (non-hydrogen) atoms. The molecule has 0 aromatic heterocycles. The van der Waals surface area contributed by atoms with Crippen molar-refractivity contribution < 1.29 is 10.2 Å². The maximum Gasteiger partial charge on any atom is 3.00 e. The van der Waals surface area contributed by atoms with Gasteiger partial charge in [-0.3, -0.25) is 0 Å². The Morgan fingerprint density at radius 3 is 0.900 bits per heavy atom. The molecule has 5 heteroatoms. The van der Waals surface area contributed by atoms with Crippen molar-refractivity contribution in [2.24, 2.45) is 0 Å². The predicted octanol–water partition coefficient (Wildman–Crippen LogP) is 10.3. The van der Waals surface area contributed by atoms with E-state index in [4.69, 9.17) is 10.6 Å². The van der Waals surface area contributed by atoms with E-state index in [9.17, 15) is 10.2 Å². The summed E-state index contributed by atoms with van der Waals surface area (Å²) in [6.07, 6.45) is 0.827. The molecule has 0 aliphatic carbocycles. The summed E-state index contributed by atoms with van der Waals surface area (Å²) >= 11 is 0. The Morgan fingerprint density at radius 2 is 0.725 bits per heavy atom. The molecule has 2 rings (SSSR count). The summed E-state index contributed by atoms with van der Waals surface area (Å²) in [5.41, 5.74) is 7.51. The molecule has 0 saturated heterocycles. The zero-order valence-corrected chi connectivity index (χ0v) is 29.0. The Hall–Kier alpha value is -1.51. The molecule has 0 saturated carbocycles. The Labute approximate surface area is 258 Å². The van der Waals surface area contributed by atoms with Crippen molar-refractivity contribution in [3.8, 4) is 0 Å². The van der Waals surface area contributed by atoms with Crippen LogP contribution < -0.4 is 0 Å². The molecule has 4 nitrogen and oxygen atoms in total. The molecule has 0 aliphatic rings. The van der Waals surface area contributed by atoms with E-state index in [0.717, 1.165) is 11.4 Å². The smallest absolute Gasteiger partial charge is 0.681 e. The SMILES string of the molecule is CC(O)CC(C)[N-]c1c(C(C)C)cccc1C(C)C.CC(O)CC(C)[N-]c1c(C(C)C)cccc1C(C)C.[Al+3].[CH3-]. The summed E-state index contributed by atoms with van der Waals surface area (Å²) in [6, 6.07) is 13.2. The maximum atomic E-state index is 9.50. The van der Waals surface area contributed by atoms with Gasteiger partial charge in [-0.1, -0.05) is 128 Å². The van der Waals surface area contributed by atoms with Crippen LogP contribution >= 0.6 is 0 Å². The monoisotopic (exact) mass is 566 g/mol. The van der Waals surface area contributed by atoms with E-state index in [-0.39, 0.29) is 49.1 Å². The number of rotatable bonds is 12. The van der Waals surface area contributed by atoms with Gasteiger partial charge in [-0.05, 0) is 50.4 Å². The summed E-state index contributed by atoms with van der Waals surface area (Å²) in [5.74, 6) is 1.87. The van der Waals surface area contributed by atoms with Crippen molar-refractivity contribution in [3.63, 3.8) is 0 Å². The van der Waals surface area contributed by atoms with Crippen molar-refractivity contribution >= 4 is 28.7 Å². The average Bonchev–Trinajstić information content (AvgIpc) is 2.77. The van der Waals surface area contributed by atoms with Crippen LogP contribution in [0.3, 0.4) is 0 Å². The van der Waals surface area contributed by atoms with E-state index in [1.807, 2.05) is 13.8 Å². The van der Waals surface area contributed by atoms with Gasteiger partial charge in [-0.15, -0.1) is 23.5 Å². The van der Waals surface area contributed by atoms with Crippen LogP contribution in [0.5, 0.6) is 0 Å². The topological polar surface area (TPSA) is 68.7 Å². The molecule has 224 valence electrons. The Morgan fingerprint density at radius 1 is 0.500 bits per heavy atom. The van der Waals surface area contributed by atoms with E-state index in [1.165, 1.54) is 22.3 Å². The number of benzene rings is 2.